The van der Waals surface area contributed by atoms with Gasteiger partial charge in [0, 0.05) is 27.9 Å². The van der Waals surface area contributed by atoms with Crippen LogP contribution in [0.2, 0.25) is 0 Å². The Kier molecular flexibility index (Phi) is 8.72. The normalized spacial score (nSPS) is 15.2. The largest absolute Gasteiger partial charge is 0.311 e. The molecule has 1 heteroatoms. The van der Waals surface area contributed by atoms with Crippen LogP contribution in [-0.4, -0.2) is 0 Å². The lowest BCUT2D eigenvalue weighted by molar-refractivity contribution is 0.607. The standard InChI is InChI=1S/C60H49N/c1-59(2)55-16-10-8-14-51(55)53-36-28-46(38-57(53)59)44-24-32-49(33-25-44)61(48-30-22-43(23-31-48)42-20-18-41(19-21-42)40-12-6-5-7-13-40)50-34-26-45(27-35-50)47-29-37-54-52-15-9-11-17-56(52)60(3,4)58(54)39-47/h5-10,12-16,18-39H,11,17H2,1-4H3. The molecule has 0 saturated heterocycles. The maximum atomic E-state index is 2.44. The van der Waals surface area contributed by atoms with Crippen molar-refractivity contribution in [1.82, 2.24) is 0 Å². The summed E-state index contributed by atoms with van der Waals surface area (Å²) >= 11 is 0. The van der Waals surface area contributed by atoms with E-state index in [0.29, 0.717) is 0 Å². The molecule has 0 aromatic heterocycles. The second kappa shape index (κ2) is 14.4. The Bertz CT molecular complexity index is 3010. The van der Waals surface area contributed by atoms with Gasteiger partial charge in [-0.2, -0.15) is 0 Å². The Morgan fingerprint density at radius 1 is 0.361 bits per heavy atom. The van der Waals surface area contributed by atoms with Crippen LogP contribution in [0.5, 0.6) is 0 Å². The van der Waals surface area contributed by atoms with Crippen LogP contribution in [0.15, 0.2) is 206 Å². The van der Waals surface area contributed by atoms with Gasteiger partial charge in [0.1, 0.15) is 0 Å². The number of anilines is 3. The Labute approximate surface area is 361 Å². The van der Waals surface area contributed by atoms with E-state index in [9.17, 15) is 0 Å². The Hall–Kier alpha value is -6.96. The molecule has 0 saturated carbocycles. The number of hydrogen-bond donors (Lipinski definition) is 0. The number of nitrogens with zero attached hydrogens (tertiary/aromatic N) is 1. The van der Waals surface area contributed by atoms with Gasteiger partial charge in [0.2, 0.25) is 0 Å². The summed E-state index contributed by atoms with van der Waals surface area (Å²) in [4.78, 5) is 2.38. The maximum absolute atomic E-state index is 2.44. The molecule has 3 aliphatic carbocycles. The fourth-order valence-corrected chi connectivity index (χ4v) is 10.4. The molecular weight excluding hydrogens is 735 g/mol. The second-order valence-electron chi connectivity index (χ2n) is 18.1. The molecule has 0 N–H and O–H groups in total. The van der Waals surface area contributed by atoms with Crippen LogP contribution in [0.4, 0.5) is 17.1 Å². The zero-order valence-electron chi connectivity index (χ0n) is 35.4. The lowest BCUT2D eigenvalue weighted by Crippen LogP contribution is -2.17. The van der Waals surface area contributed by atoms with Crippen molar-refractivity contribution in [2.24, 2.45) is 0 Å². The van der Waals surface area contributed by atoms with Crippen LogP contribution in [0.1, 0.15) is 62.8 Å². The zero-order valence-corrected chi connectivity index (χ0v) is 35.4. The highest BCUT2D eigenvalue weighted by molar-refractivity contribution is 5.89. The molecule has 0 bridgehead atoms. The van der Waals surface area contributed by atoms with E-state index in [0.717, 1.165) is 29.9 Å². The first-order valence-corrected chi connectivity index (χ1v) is 21.8. The van der Waals surface area contributed by atoms with Crippen LogP contribution in [0.3, 0.4) is 0 Å². The van der Waals surface area contributed by atoms with Crippen LogP contribution in [0.25, 0.3) is 61.2 Å². The van der Waals surface area contributed by atoms with Crippen molar-refractivity contribution in [1.29, 1.82) is 0 Å². The Balaban J connectivity index is 0.932. The van der Waals surface area contributed by atoms with Gasteiger partial charge in [-0.25, -0.2) is 0 Å². The summed E-state index contributed by atoms with van der Waals surface area (Å²) in [7, 11) is 0. The van der Waals surface area contributed by atoms with Crippen LogP contribution in [-0.2, 0) is 10.8 Å². The van der Waals surface area contributed by atoms with E-state index in [1.54, 1.807) is 5.57 Å². The van der Waals surface area contributed by atoms with Gasteiger partial charge in [-0.3, -0.25) is 0 Å². The minimum Gasteiger partial charge on any atom is -0.311 e. The van der Waals surface area contributed by atoms with Crippen molar-refractivity contribution >= 4 is 22.6 Å². The quantitative estimate of drug-likeness (QED) is 0.156. The summed E-state index contributed by atoms with van der Waals surface area (Å²) in [6, 6.07) is 69.8. The third kappa shape index (κ3) is 6.22. The molecule has 0 heterocycles. The first-order chi connectivity index (χ1) is 29.7. The molecule has 11 rings (SSSR count). The number of allylic oxidation sites excluding steroid dienone is 4. The van der Waals surface area contributed by atoms with E-state index in [-0.39, 0.29) is 10.8 Å². The molecule has 0 unspecified atom stereocenters. The van der Waals surface area contributed by atoms with E-state index in [2.05, 4.69) is 233 Å². The maximum Gasteiger partial charge on any atom is 0.0462 e. The van der Waals surface area contributed by atoms with Crippen molar-refractivity contribution in [3.63, 3.8) is 0 Å². The van der Waals surface area contributed by atoms with E-state index in [1.807, 2.05) is 0 Å². The average Bonchev–Trinajstić information content (AvgIpc) is 3.69. The number of fused-ring (bicyclic) bond motifs is 5. The van der Waals surface area contributed by atoms with E-state index in [1.165, 1.54) is 83.5 Å². The molecule has 294 valence electrons. The highest BCUT2D eigenvalue weighted by atomic mass is 15.1. The van der Waals surface area contributed by atoms with Crippen molar-refractivity contribution in [2.45, 2.75) is 51.4 Å². The van der Waals surface area contributed by atoms with Gasteiger partial charge < -0.3 is 4.90 Å². The topological polar surface area (TPSA) is 3.24 Å². The number of rotatable bonds is 7. The molecule has 8 aromatic rings. The van der Waals surface area contributed by atoms with Gasteiger partial charge in [0.25, 0.3) is 0 Å². The van der Waals surface area contributed by atoms with Gasteiger partial charge in [-0.05, 0) is 145 Å². The third-order valence-corrected chi connectivity index (χ3v) is 13.9. The minimum atomic E-state index is -0.0371. The fourth-order valence-electron chi connectivity index (χ4n) is 10.4. The van der Waals surface area contributed by atoms with Crippen molar-refractivity contribution in [3.8, 4) is 55.6 Å². The van der Waals surface area contributed by atoms with Gasteiger partial charge in [-0.1, -0.05) is 185 Å². The van der Waals surface area contributed by atoms with Crippen LogP contribution >= 0.6 is 0 Å². The number of benzene rings is 8. The average molecular weight is 784 g/mol. The molecule has 1 nitrogen and oxygen atoms in total. The lowest BCUT2D eigenvalue weighted by atomic mass is 9.78. The molecular formula is C60H49N. The predicted octanol–water partition coefficient (Wildman–Crippen LogP) is 16.5. The zero-order chi connectivity index (χ0) is 41.3. The fraction of sp³-hybridized carbons (Fsp3) is 0.133. The molecule has 3 aliphatic rings. The van der Waals surface area contributed by atoms with E-state index >= 15 is 0 Å². The Morgan fingerprint density at radius 3 is 1.33 bits per heavy atom. The predicted molar refractivity (Wildman–Crippen MR) is 259 cm³/mol. The summed E-state index contributed by atoms with van der Waals surface area (Å²) in [6.45, 7) is 9.51. The van der Waals surface area contributed by atoms with Gasteiger partial charge in [0.15, 0.2) is 0 Å². The summed E-state index contributed by atoms with van der Waals surface area (Å²) in [5, 5.41) is 0. The summed E-state index contributed by atoms with van der Waals surface area (Å²) < 4.78 is 0. The molecule has 0 aliphatic heterocycles. The van der Waals surface area contributed by atoms with Gasteiger partial charge in [-0.15, -0.1) is 0 Å². The smallest absolute Gasteiger partial charge is 0.0462 e. The van der Waals surface area contributed by atoms with Crippen molar-refractivity contribution in [3.05, 3.63) is 228 Å². The van der Waals surface area contributed by atoms with Crippen LogP contribution < -0.4 is 4.90 Å². The summed E-state index contributed by atoms with van der Waals surface area (Å²) in [6.07, 6.45) is 6.97. The van der Waals surface area contributed by atoms with E-state index in [4.69, 9.17) is 0 Å². The third-order valence-electron chi connectivity index (χ3n) is 13.9. The number of hydrogen-bond acceptors (Lipinski definition) is 1. The van der Waals surface area contributed by atoms with Crippen molar-refractivity contribution < 1.29 is 0 Å². The molecule has 0 atom stereocenters. The van der Waals surface area contributed by atoms with Crippen molar-refractivity contribution in [2.75, 3.05) is 4.90 Å². The first kappa shape index (κ1) is 37.1. The lowest BCUT2D eigenvalue weighted by Gasteiger charge is -2.27. The molecule has 0 spiro atoms. The highest BCUT2D eigenvalue weighted by Gasteiger charge is 2.38. The molecule has 0 amide bonds. The van der Waals surface area contributed by atoms with Gasteiger partial charge in [0.05, 0.1) is 0 Å². The molecule has 8 aromatic carbocycles. The first-order valence-electron chi connectivity index (χ1n) is 21.8. The molecule has 0 fully saturated rings. The van der Waals surface area contributed by atoms with Crippen LogP contribution in [0, 0.1) is 0 Å². The highest BCUT2D eigenvalue weighted by Crippen LogP contribution is 2.52. The minimum absolute atomic E-state index is 0.0371. The summed E-state index contributed by atoms with van der Waals surface area (Å²) in [5.41, 5.74) is 24.6. The Morgan fingerprint density at radius 2 is 0.770 bits per heavy atom. The van der Waals surface area contributed by atoms with E-state index < -0.39 is 0 Å². The second-order valence-corrected chi connectivity index (χ2v) is 18.1. The molecule has 61 heavy (non-hydrogen) atoms. The SMILES string of the molecule is CC1(C)C2=C(C=CCC2)c2ccc(-c3ccc(N(c4ccc(-c5ccc(-c6ccccc6)cc5)cc4)c4ccc(-c5ccc6c(c5)C(C)(C)c5ccccc5-6)cc4)cc3)cc21. The molecule has 0 radical (unpaired) electrons. The van der Waals surface area contributed by atoms with Gasteiger partial charge >= 0.3 is 0 Å². The monoisotopic (exact) mass is 783 g/mol. The summed E-state index contributed by atoms with van der Waals surface area (Å²) in [5.74, 6) is 0.